The molecule has 0 amide bonds. The van der Waals surface area contributed by atoms with Crippen molar-refractivity contribution in [1.29, 1.82) is 0 Å². The minimum absolute atomic E-state index is 0.241. The second-order valence-corrected chi connectivity index (χ2v) is 14.7. The number of rotatable bonds is 8. The molecule has 9 aromatic rings. The Bertz CT molecular complexity index is 3350. The Balaban J connectivity index is 1.05. The maximum Gasteiger partial charge on any atom is 0.0645 e. The molecule has 0 saturated carbocycles. The van der Waals surface area contributed by atoms with Crippen molar-refractivity contribution in [1.82, 2.24) is 4.57 Å². The molecular formula is C55H42N2. The van der Waals surface area contributed by atoms with Gasteiger partial charge in [-0.3, -0.25) is 0 Å². The van der Waals surface area contributed by atoms with E-state index in [2.05, 4.69) is 134 Å². The smallest absolute Gasteiger partial charge is 0.0645 e. The number of hydrogen-bond acceptors (Lipinski definition) is 1. The number of hydrogen-bond donors (Lipinski definition) is 0. The number of nitrogens with zero attached hydrogens (tertiary/aromatic N) is 2. The molecule has 0 saturated heterocycles. The molecule has 8 aromatic carbocycles. The zero-order valence-corrected chi connectivity index (χ0v) is 31.4. The maximum absolute atomic E-state index is 8.76. The van der Waals surface area contributed by atoms with Crippen molar-refractivity contribution in [3.8, 4) is 39.2 Å². The average Bonchev–Trinajstić information content (AvgIpc) is 3.80. The van der Waals surface area contributed by atoms with Gasteiger partial charge in [-0.05, 0) is 105 Å². The molecule has 0 fully saturated rings. The van der Waals surface area contributed by atoms with Crippen molar-refractivity contribution in [2.45, 2.75) is 19.3 Å². The van der Waals surface area contributed by atoms with E-state index in [4.69, 9.17) is 13.7 Å². The van der Waals surface area contributed by atoms with Gasteiger partial charge in [-0.15, -0.1) is 0 Å². The first kappa shape index (κ1) is 25.1. The lowest BCUT2D eigenvalue weighted by molar-refractivity contribution is 0.661. The fraction of sp³-hybridized carbons (Fsp3) is 0.0545. The lowest BCUT2D eigenvalue weighted by Crippen LogP contribution is -2.15. The van der Waals surface area contributed by atoms with Crippen molar-refractivity contribution in [3.05, 3.63) is 228 Å². The lowest BCUT2D eigenvalue weighted by Gasteiger charge is -2.25. The minimum atomic E-state index is -0.613. The Hall–Kier alpha value is -7.16. The van der Waals surface area contributed by atoms with Crippen LogP contribution in [0, 0.1) is 0 Å². The highest BCUT2D eigenvalue weighted by molar-refractivity contribution is 6.08. The number of benzene rings is 8. The second-order valence-electron chi connectivity index (χ2n) is 14.7. The van der Waals surface area contributed by atoms with Crippen molar-refractivity contribution >= 4 is 40.1 Å². The molecule has 10 rings (SSSR count). The first-order chi connectivity index (χ1) is 32.2. The average molecular weight is 741 g/mol. The van der Waals surface area contributed by atoms with Crippen LogP contribution in [0.2, 0.25) is 0 Å². The molecule has 2 heteroatoms. The summed E-state index contributed by atoms with van der Waals surface area (Å²) in [6.07, 6.45) is 3.98. The Morgan fingerprint density at radius 1 is 0.509 bits per heavy atom. The van der Waals surface area contributed by atoms with Gasteiger partial charge in [-0.1, -0.05) is 171 Å². The quantitative estimate of drug-likeness (QED) is 0.141. The van der Waals surface area contributed by atoms with Crippen LogP contribution in [0.4, 0.5) is 17.1 Å². The molecule has 0 spiro atoms. The summed E-state index contributed by atoms with van der Waals surface area (Å²) in [7, 11) is 0. The topological polar surface area (TPSA) is 8.17 Å². The van der Waals surface area contributed by atoms with Crippen LogP contribution in [-0.4, -0.2) is 4.57 Å². The van der Waals surface area contributed by atoms with E-state index in [-0.39, 0.29) is 22.5 Å². The van der Waals surface area contributed by atoms with Crippen LogP contribution in [0.25, 0.3) is 62.3 Å². The molecule has 1 heterocycles. The standard InChI is InChI=1S/C55H42N2/c1-55(2)50-36-40(29-28-39-30-33-46(34-31-39)56(43-22-12-5-13-23-43)44-24-14-6-15-25-44)32-35-47(50)48-37-49-52(38-51(48)55)57(45-26-16-7-17-27-45)54(42-20-10-4-11-21-42)53(49)41-18-8-3-9-19-41/h3-38H,1-2H3/b29-28+/i5D,6D,12D,13D,14D,15D,22D,23D,24D,25D. The summed E-state index contributed by atoms with van der Waals surface area (Å²) in [4.78, 5) is 1.16. The molecule has 0 atom stereocenters. The first-order valence-electron chi connectivity index (χ1n) is 23.9. The highest BCUT2D eigenvalue weighted by atomic mass is 15.1. The zero-order valence-electron chi connectivity index (χ0n) is 41.4. The predicted octanol–water partition coefficient (Wildman–Crippen LogP) is 14.9. The van der Waals surface area contributed by atoms with Crippen LogP contribution in [0.5, 0.6) is 0 Å². The summed E-state index contributed by atoms with van der Waals surface area (Å²) in [6.45, 7) is 4.55. The van der Waals surface area contributed by atoms with Crippen molar-refractivity contribution < 1.29 is 13.7 Å². The van der Waals surface area contributed by atoms with Crippen LogP contribution < -0.4 is 4.90 Å². The third-order valence-corrected chi connectivity index (χ3v) is 11.0. The molecule has 57 heavy (non-hydrogen) atoms. The fourth-order valence-electron chi connectivity index (χ4n) is 8.25. The molecule has 1 aliphatic rings. The van der Waals surface area contributed by atoms with Crippen molar-refractivity contribution in [2.75, 3.05) is 4.90 Å². The summed E-state index contributed by atoms with van der Waals surface area (Å²) < 4.78 is 87.2. The minimum Gasteiger partial charge on any atom is -0.311 e. The van der Waals surface area contributed by atoms with Gasteiger partial charge in [0.15, 0.2) is 0 Å². The number of para-hydroxylation sites is 3. The second kappa shape index (κ2) is 14.2. The molecule has 1 aliphatic carbocycles. The first-order valence-corrected chi connectivity index (χ1v) is 18.9. The molecule has 0 radical (unpaired) electrons. The van der Waals surface area contributed by atoms with E-state index in [1.54, 1.807) is 24.3 Å². The molecule has 272 valence electrons. The zero-order chi connectivity index (χ0) is 47.1. The third-order valence-electron chi connectivity index (χ3n) is 11.0. The van der Waals surface area contributed by atoms with E-state index in [0.717, 1.165) is 44.1 Å². The van der Waals surface area contributed by atoms with E-state index >= 15 is 0 Å². The van der Waals surface area contributed by atoms with Gasteiger partial charge >= 0.3 is 0 Å². The maximum atomic E-state index is 8.76. The number of aromatic nitrogens is 1. The van der Waals surface area contributed by atoms with Gasteiger partial charge in [0.2, 0.25) is 0 Å². The van der Waals surface area contributed by atoms with E-state index < -0.39 is 60.4 Å². The van der Waals surface area contributed by atoms with Gasteiger partial charge in [0, 0.05) is 39.1 Å². The predicted molar refractivity (Wildman–Crippen MR) is 242 cm³/mol. The summed E-state index contributed by atoms with van der Waals surface area (Å²) in [5, 5.41) is 1.17. The Morgan fingerprint density at radius 2 is 1.05 bits per heavy atom. The van der Waals surface area contributed by atoms with Crippen LogP contribution >= 0.6 is 0 Å². The summed E-state index contributed by atoms with van der Waals surface area (Å²) >= 11 is 0. The van der Waals surface area contributed by atoms with Gasteiger partial charge in [-0.25, -0.2) is 0 Å². The Kier molecular flexibility index (Phi) is 6.23. The van der Waals surface area contributed by atoms with Crippen LogP contribution in [0.15, 0.2) is 206 Å². The van der Waals surface area contributed by atoms with E-state index in [9.17, 15) is 0 Å². The molecule has 0 bridgehead atoms. The third kappa shape index (κ3) is 6.07. The molecule has 1 aromatic heterocycles. The van der Waals surface area contributed by atoms with Gasteiger partial charge in [-0.2, -0.15) is 0 Å². The monoisotopic (exact) mass is 740 g/mol. The van der Waals surface area contributed by atoms with Crippen LogP contribution in [0.3, 0.4) is 0 Å². The van der Waals surface area contributed by atoms with Crippen LogP contribution in [0.1, 0.15) is 49.8 Å². The fourth-order valence-corrected chi connectivity index (χ4v) is 8.25. The van der Waals surface area contributed by atoms with Crippen molar-refractivity contribution in [3.63, 3.8) is 0 Å². The normalized spacial score (nSPS) is 15.3. The van der Waals surface area contributed by atoms with E-state index in [1.807, 2.05) is 18.2 Å². The summed E-state index contributed by atoms with van der Waals surface area (Å²) in [5.74, 6) is 0. The van der Waals surface area contributed by atoms with Crippen LogP contribution in [-0.2, 0) is 5.41 Å². The van der Waals surface area contributed by atoms with E-state index in [0.29, 0.717) is 0 Å². The molecule has 2 nitrogen and oxygen atoms in total. The highest BCUT2D eigenvalue weighted by Gasteiger charge is 2.37. The molecular weight excluding hydrogens is 689 g/mol. The molecule has 0 aliphatic heterocycles. The van der Waals surface area contributed by atoms with Gasteiger partial charge < -0.3 is 9.47 Å². The van der Waals surface area contributed by atoms with Gasteiger partial charge in [0.25, 0.3) is 0 Å². The highest BCUT2D eigenvalue weighted by Crippen LogP contribution is 2.53. The summed E-state index contributed by atoms with van der Waals surface area (Å²) in [5.41, 5.74) is 12.6. The Labute approximate surface area is 349 Å². The van der Waals surface area contributed by atoms with Gasteiger partial charge in [0.1, 0.15) is 0 Å². The number of anilines is 3. The Morgan fingerprint density at radius 3 is 1.68 bits per heavy atom. The molecule has 0 unspecified atom stereocenters. The van der Waals surface area contributed by atoms with Crippen molar-refractivity contribution in [2.24, 2.45) is 0 Å². The summed E-state index contributed by atoms with van der Waals surface area (Å²) in [6, 6.07) is 43.9. The van der Waals surface area contributed by atoms with Gasteiger partial charge in [0.05, 0.1) is 24.9 Å². The van der Waals surface area contributed by atoms with E-state index in [1.165, 1.54) is 33.2 Å². The lowest BCUT2D eigenvalue weighted by atomic mass is 9.81. The largest absolute Gasteiger partial charge is 0.311 e. The SMILES string of the molecule is [2H]c1c([2H])c([2H])c(N(c2ccc(/C=C/c3ccc4c(c3)C(C)(C)c3cc5c(cc3-4)c(-c3ccccc3)c(-c3ccccc3)n5-c3ccccc3)cc2)c2c([2H])c([2H])c([2H])c([2H])c2[2H])c([2H])c1[2H]. The number of fused-ring (bicyclic) bond motifs is 4. The molecule has 0 N–H and O–H groups in total.